The van der Waals surface area contributed by atoms with Crippen molar-refractivity contribution < 1.29 is 9.72 Å². The van der Waals surface area contributed by atoms with Gasteiger partial charge in [0.25, 0.3) is 5.91 Å². The van der Waals surface area contributed by atoms with Gasteiger partial charge in [-0.3, -0.25) is 14.9 Å². The Morgan fingerprint density at radius 2 is 2.00 bits per heavy atom. The lowest BCUT2D eigenvalue weighted by atomic mass is 10.0. The zero-order valence-electron chi connectivity index (χ0n) is 12.1. The number of nitro benzene ring substituents is 1. The maximum Gasteiger partial charge on any atom is 0.300 e. The third-order valence-electron chi connectivity index (χ3n) is 3.19. The highest BCUT2D eigenvalue weighted by molar-refractivity contribution is 6.33. The van der Waals surface area contributed by atoms with Gasteiger partial charge >= 0.3 is 5.69 Å². The van der Waals surface area contributed by atoms with Crippen LogP contribution in [0, 0.1) is 16.0 Å². The Bertz CT molecular complexity index is 517. The average molecular weight is 299 g/mol. The summed E-state index contributed by atoms with van der Waals surface area (Å²) in [5.41, 5.74) is -0.302. The molecule has 6 heteroatoms. The third-order valence-corrected chi connectivity index (χ3v) is 3.50. The van der Waals surface area contributed by atoms with Crippen molar-refractivity contribution in [1.29, 1.82) is 0 Å². The van der Waals surface area contributed by atoms with Crippen LogP contribution < -0.4 is 0 Å². The minimum Gasteiger partial charge on any atom is -0.339 e. The van der Waals surface area contributed by atoms with Crippen LogP contribution in [0.25, 0.3) is 0 Å². The zero-order valence-corrected chi connectivity index (χ0v) is 12.8. The van der Waals surface area contributed by atoms with E-state index in [-0.39, 0.29) is 28.2 Å². The first-order valence-electron chi connectivity index (χ1n) is 6.45. The molecule has 0 aliphatic rings. The van der Waals surface area contributed by atoms with Gasteiger partial charge in [0, 0.05) is 13.1 Å². The molecule has 0 saturated carbocycles. The fraction of sp³-hybridized carbons (Fsp3) is 0.500. The molecule has 1 amide bonds. The van der Waals surface area contributed by atoms with Gasteiger partial charge in [0.2, 0.25) is 0 Å². The minimum absolute atomic E-state index is 0.00101. The first kappa shape index (κ1) is 16.4. The second-order valence-corrected chi connectivity index (χ2v) is 5.69. The van der Waals surface area contributed by atoms with Crippen LogP contribution in [0.3, 0.4) is 0 Å². The van der Waals surface area contributed by atoms with Crippen LogP contribution in [0.4, 0.5) is 5.69 Å². The Labute approximate surface area is 123 Å². The standard InChI is InChI=1S/C14H19ClN2O3/c1-9(2)8-10(3)16(4)14(18)11-6-5-7-12(15)13(11)17(19)20/h5-7,9-10H,8H2,1-4H3. The quantitative estimate of drug-likeness (QED) is 0.614. The van der Waals surface area contributed by atoms with Crippen LogP contribution in [0.2, 0.25) is 5.02 Å². The van der Waals surface area contributed by atoms with Crippen molar-refractivity contribution in [2.24, 2.45) is 5.92 Å². The molecule has 0 aliphatic carbocycles. The van der Waals surface area contributed by atoms with Gasteiger partial charge in [-0.2, -0.15) is 0 Å². The van der Waals surface area contributed by atoms with Crippen LogP contribution in [-0.2, 0) is 0 Å². The number of rotatable bonds is 5. The monoisotopic (exact) mass is 298 g/mol. The molecule has 0 radical (unpaired) electrons. The molecule has 110 valence electrons. The number of hydrogen-bond acceptors (Lipinski definition) is 3. The third kappa shape index (κ3) is 3.70. The lowest BCUT2D eigenvalue weighted by molar-refractivity contribution is -0.385. The maximum absolute atomic E-state index is 12.4. The molecule has 1 atom stereocenters. The fourth-order valence-corrected chi connectivity index (χ4v) is 2.35. The number of nitro groups is 1. The molecular formula is C14H19ClN2O3. The largest absolute Gasteiger partial charge is 0.339 e. The van der Waals surface area contributed by atoms with E-state index in [0.717, 1.165) is 6.42 Å². The highest BCUT2D eigenvalue weighted by Gasteiger charge is 2.27. The van der Waals surface area contributed by atoms with E-state index < -0.39 is 4.92 Å². The van der Waals surface area contributed by atoms with Crippen molar-refractivity contribution in [3.05, 3.63) is 38.9 Å². The summed E-state index contributed by atoms with van der Waals surface area (Å²) in [6, 6.07) is 4.39. The number of carbonyl (C=O) groups excluding carboxylic acids is 1. The second-order valence-electron chi connectivity index (χ2n) is 5.29. The van der Waals surface area contributed by atoms with Gasteiger partial charge in [-0.15, -0.1) is 0 Å². The van der Waals surface area contributed by atoms with Gasteiger partial charge in [0.05, 0.1) is 4.92 Å². The van der Waals surface area contributed by atoms with E-state index >= 15 is 0 Å². The van der Waals surface area contributed by atoms with Gasteiger partial charge in [-0.25, -0.2) is 0 Å². The van der Waals surface area contributed by atoms with Crippen molar-refractivity contribution in [2.45, 2.75) is 33.2 Å². The molecule has 1 aromatic rings. The van der Waals surface area contributed by atoms with Crippen LogP contribution in [0.1, 0.15) is 37.6 Å². The average Bonchev–Trinajstić information content (AvgIpc) is 2.35. The lowest BCUT2D eigenvalue weighted by Gasteiger charge is -2.26. The Kier molecular flexibility index (Phi) is 5.51. The molecule has 5 nitrogen and oxygen atoms in total. The van der Waals surface area contributed by atoms with E-state index in [1.807, 2.05) is 6.92 Å². The molecular weight excluding hydrogens is 280 g/mol. The predicted molar refractivity (Wildman–Crippen MR) is 79.1 cm³/mol. The highest BCUT2D eigenvalue weighted by Crippen LogP contribution is 2.29. The Hall–Kier alpha value is -1.62. The van der Waals surface area contributed by atoms with Crippen molar-refractivity contribution in [3.63, 3.8) is 0 Å². The topological polar surface area (TPSA) is 63.5 Å². The molecule has 0 aromatic heterocycles. The normalized spacial score (nSPS) is 12.3. The Morgan fingerprint density at radius 1 is 1.40 bits per heavy atom. The Balaban J connectivity index is 3.09. The minimum atomic E-state index is -0.615. The van der Waals surface area contributed by atoms with Crippen LogP contribution in [0.5, 0.6) is 0 Å². The van der Waals surface area contributed by atoms with Gasteiger partial charge in [-0.1, -0.05) is 31.5 Å². The molecule has 1 aromatic carbocycles. The van der Waals surface area contributed by atoms with Crippen molar-refractivity contribution in [1.82, 2.24) is 4.90 Å². The van der Waals surface area contributed by atoms with Crippen molar-refractivity contribution >= 4 is 23.2 Å². The molecule has 0 bridgehead atoms. The van der Waals surface area contributed by atoms with Crippen LogP contribution in [0.15, 0.2) is 18.2 Å². The summed E-state index contributed by atoms with van der Waals surface area (Å²) in [5.74, 6) is 0.0574. The number of halogens is 1. The number of carbonyl (C=O) groups is 1. The molecule has 0 aliphatic heterocycles. The number of para-hydroxylation sites is 1. The van der Waals surface area contributed by atoms with E-state index in [9.17, 15) is 14.9 Å². The number of nitrogens with zero attached hydrogens (tertiary/aromatic N) is 2. The Morgan fingerprint density at radius 3 is 2.50 bits per heavy atom. The molecule has 0 saturated heterocycles. The summed E-state index contributed by atoms with van der Waals surface area (Å²) in [6.07, 6.45) is 0.830. The summed E-state index contributed by atoms with van der Waals surface area (Å²) in [7, 11) is 1.65. The highest BCUT2D eigenvalue weighted by atomic mass is 35.5. The fourth-order valence-electron chi connectivity index (χ4n) is 2.10. The van der Waals surface area contributed by atoms with Crippen LogP contribution in [-0.4, -0.2) is 28.8 Å². The van der Waals surface area contributed by atoms with E-state index in [1.54, 1.807) is 13.1 Å². The number of amides is 1. The first-order chi connectivity index (χ1) is 9.25. The maximum atomic E-state index is 12.4. The van der Waals surface area contributed by atoms with Gasteiger partial charge in [0.1, 0.15) is 10.6 Å². The van der Waals surface area contributed by atoms with Crippen molar-refractivity contribution in [3.8, 4) is 0 Å². The molecule has 0 heterocycles. The van der Waals surface area contributed by atoms with Crippen LogP contribution >= 0.6 is 11.6 Å². The van der Waals surface area contributed by atoms with E-state index in [4.69, 9.17) is 11.6 Å². The summed E-state index contributed by atoms with van der Waals surface area (Å²) < 4.78 is 0. The van der Waals surface area contributed by atoms with Gasteiger partial charge in [0.15, 0.2) is 0 Å². The van der Waals surface area contributed by atoms with Gasteiger partial charge in [-0.05, 0) is 31.4 Å². The lowest BCUT2D eigenvalue weighted by Crippen LogP contribution is -2.36. The summed E-state index contributed by atoms with van der Waals surface area (Å²) in [6.45, 7) is 6.06. The molecule has 1 unspecified atom stereocenters. The second kappa shape index (κ2) is 6.70. The molecule has 1 rings (SSSR count). The summed E-state index contributed by atoms with van der Waals surface area (Å²) in [5, 5.41) is 11.0. The number of benzene rings is 1. The van der Waals surface area contributed by atoms with E-state index in [0.29, 0.717) is 5.92 Å². The predicted octanol–water partition coefficient (Wildman–Crippen LogP) is 3.75. The smallest absolute Gasteiger partial charge is 0.300 e. The molecule has 0 fully saturated rings. The summed E-state index contributed by atoms with van der Waals surface area (Å²) >= 11 is 5.82. The zero-order chi connectivity index (χ0) is 15.4. The van der Waals surface area contributed by atoms with E-state index in [2.05, 4.69) is 13.8 Å². The van der Waals surface area contributed by atoms with Gasteiger partial charge < -0.3 is 4.90 Å². The molecule has 0 spiro atoms. The first-order valence-corrected chi connectivity index (χ1v) is 6.83. The summed E-state index contributed by atoms with van der Waals surface area (Å²) in [4.78, 5) is 24.4. The SMILES string of the molecule is CC(C)CC(C)N(C)C(=O)c1cccc(Cl)c1[N+](=O)[O-]. The van der Waals surface area contributed by atoms with E-state index in [1.165, 1.54) is 17.0 Å². The molecule has 0 N–H and O–H groups in total. The molecule has 20 heavy (non-hydrogen) atoms. The number of hydrogen-bond donors (Lipinski definition) is 0. The van der Waals surface area contributed by atoms with Crippen molar-refractivity contribution in [2.75, 3.05) is 7.05 Å².